The Morgan fingerprint density at radius 1 is 0.641 bits per heavy atom. The second-order valence-corrected chi connectivity index (χ2v) is 11.8. The summed E-state index contributed by atoms with van der Waals surface area (Å²) in [6.07, 6.45) is 6.48. The van der Waals surface area contributed by atoms with E-state index >= 15 is 0 Å². The van der Waals surface area contributed by atoms with Crippen LogP contribution in [-0.2, 0) is 9.59 Å². The van der Waals surface area contributed by atoms with Crippen LogP contribution in [-0.4, -0.2) is 56.8 Å². The summed E-state index contributed by atoms with van der Waals surface area (Å²) >= 11 is 0. The van der Waals surface area contributed by atoms with Crippen LogP contribution in [0.5, 0.6) is 0 Å². The third-order valence-electron chi connectivity index (χ3n) is 6.16. The maximum Gasteiger partial charge on any atom is 0.252 e. The van der Waals surface area contributed by atoms with Crippen molar-refractivity contribution in [3.05, 3.63) is 60.2 Å². The third-order valence-corrected chi connectivity index (χ3v) is 6.16. The topological polar surface area (TPSA) is 142 Å². The zero-order chi connectivity index (χ0) is 29.4. The van der Waals surface area contributed by atoms with Crippen molar-refractivity contribution in [2.75, 3.05) is 0 Å². The molecular weight excluding hydrogens is 496 g/mol. The van der Waals surface area contributed by atoms with Gasteiger partial charge in [0.25, 0.3) is 11.8 Å². The molecule has 2 unspecified atom stereocenters. The first-order valence-corrected chi connectivity index (χ1v) is 13.2. The summed E-state index contributed by atoms with van der Waals surface area (Å²) in [5, 5.41) is 11.7. The van der Waals surface area contributed by atoms with Crippen molar-refractivity contribution in [2.24, 2.45) is 11.8 Å². The first kappa shape index (κ1) is 31.4. The molecule has 0 saturated heterocycles. The minimum atomic E-state index is -0.753. The summed E-state index contributed by atoms with van der Waals surface area (Å²) in [5.41, 5.74) is -0.615. The number of nitrogens with zero attached hydrogens (tertiary/aromatic N) is 2. The smallest absolute Gasteiger partial charge is 0.252 e. The Morgan fingerprint density at radius 3 is 1.23 bits per heavy atom. The zero-order valence-corrected chi connectivity index (χ0v) is 24.2. The van der Waals surface area contributed by atoms with Crippen LogP contribution in [0.25, 0.3) is 0 Å². The van der Waals surface area contributed by atoms with Crippen LogP contribution in [0, 0.1) is 11.8 Å². The van der Waals surface area contributed by atoms with Crippen molar-refractivity contribution in [3.8, 4) is 0 Å². The van der Waals surface area contributed by atoms with Gasteiger partial charge in [0.1, 0.15) is 12.1 Å². The fourth-order valence-electron chi connectivity index (χ4n) is 4.54. The predicted molar refractivity (Wildman–Crippen MR) is 150 cm³/mol. The second kappa shape index (κ2) is 13.3. The molecule has 2 atom stereocenters. The lowest BCUT2D eigenvalue weighted by molar-refractivity contribution is -0.126. The van der Waals surface area contributed by atoms with Gasteiger partial charge in [0.2, 0.25) is 11.8 Å². The molecule has 2 aromatic rings. The number of hydrogen-bond donors (Lipinski definition) is 4. The first-order valence-electron chi connectivity index (χ1n) is 13.2. The van der Waals surface area contributed by atoms with Gasteiger partial charge in [-0.1, -0.05) is 27.7 Å². The third kappa shape index (κ3) is 9.77. The van der Waals surface area contributed by atoms with Gasteiger partial charge in [-0.05, 0) is 70.2 Å². The number of pyridine rings is 2. The van der Waals surface area contributed by atoms with E-state index in [1.807, 2.05) is 55.4 Å². The lowest BCUT2D eigenvalue weighted by atomic mass is 9.85. The number of amides is 4. The van der Waals surface area contributed by atoms with Gasteiger partial charge in [0.05, 0.1) is 0 Å². The van der Waals surface area contributed by atoms with Crippen LogP contribution in [0.3, 0.4) is 0 Å². The van der Waals surface area contributed by atoms with Gasteiger partial charge in [-0.3, -0.25) is 29.1 Å². The highest BCUT2D eigenvalue weighted by Gasteiger charge is 2.36. The van der Waals surface area contributed by atoms with Crippen molar-refractivity contribution in [1.82, 2.24) is 31.2 Å². The fourth-order valence-corrected chi connectivity index (χ4v) is 4.54. The number of rotatable bonds is 12. The van der Waals surface area contributed by atoms with Crippen molar-refractivity contribution in [2.45, 2.75) is 85.0 Å². The fraction of sp³-hybridized carbons (Fsp3) is 0.517. The van der Waals surface area contributed by atoms with E-state index in [1.165, 1.54) is 24.8 Å². The van der Waals surface area contributed by atoms with Crippen molar-refractivity contribution in [1.29, 1.82) is 0 Å². The molecule has 2 aromatic heterocycles. The Labute approximate surface area is 231 Å². The van der Waals surface area contributed by atoms with Crippen LogP contribution < -0.4 is 21.3 Å². The number of aromatic nitrogens is 2. The van der Waals surface area contributed by atoms with E-state index in [9.17, 15) is 19.2 Å². The molecule has 0 saturated carbocycles. The van der Waals surface area contributed by atoms with Crippen molar-refractivity contribution < 1.29 is 19.2 Å². The van der Waals surface area contributed by atoms with Gasteiger partial charge in [0.15, 0.2) is 0 Å². The summed E-state index contributed by atoms with van der Waals surface area (Å²) in [7, 11) is 0. The lowest BCUT2D eigenvalue weighted by Gasteiger charge is -2.38. The van der Waals surface area contributed by atoms with Crippen LogP contribution >= 0.6 is 0 Å². The maximum atomic E-state index is 13.3. The van der Waals surface area contributed by atoms with Crippen molar-refractivity contribution in [3.63, 3.8) is 0 Å². The average molecular weight is 539 g/mol. The molecule has 10 nitrogen and oxygen atoms in total. The van der Waals surface area contributed by atoms with Crippen LogP contribution in [0.4, 0.5) is 0 Å². The van der Waals surface area contributed by atoms with Gasteiger partial charge >= 0.3 is 0 Å². The maximum absolute atomic E-state index is 13.3. The molecule has 0 spiro atoms. The molecule has 4 amide bonds. The largest absolute Gasteiger partial charge is 0.349 e. The Hall–Kier alpha value is -3.82. The quantitative estimate of drug-likeness (QED) is 0.327. The first-order chi connectivity index (χ1) is 18.1. The molecule has 2 heterocycles. The van der Waals surface area contributed by atoms with Crippen LogP contribution in [0.15, 0.2) is 49.1 Å². The summed E-state index contributed by atoms with van der Waals surface area (Å²) in [4.78, 5) is 59.7. The molecule has 2 rings (SSSR count). The van der Waals surface area contributed by atoms with E-state index in [0.717, 1.165) is 0 Å². The van der Waals surface area contributed by atoms with Crippen LogP contribution in [0.2, 0.25) is 0 Å². The molecular formula is C29H42N6O4. The van der Waals surface area contributed by atoms with E-state index in [0.29, 0.717) is 17.5 Å². The molecule has 0 aliphatic rings. The van der Waals surface area contributed by atoms with Gasteiger partial charge in [0, 0.05) is 47.0 Å². The summed E-state index contributed by atoms with van der Waals surface area (Å²) in [5.74, 6) is -1.66. The summed E-state index contributed by atoms with van der Waals surface area (Å²) in [6.45, 7) is 14.9. The highest BCUT2D eigenvalue weighted by molar-refractivity contribution is 5.98. The highest BCUT2D eigenvalue weighted by atomic mass is 16.2. The minimum absolute atomic E-state index is 0.157. The van der Waals surface area contributed by atoms with E-state index in [1.54, 1.807) is 24.3 Å². The second-order valence-electron chi connectivity index (χ2n) is 11.8. The van der Waals surface area contributed by atoms with Gasteiger partial charge < -0.3 is 21.3 Å². The Kier molecular flexibility index (Phi) is 10.7. The van der Waals surface area contributed by atoms with Gasteiger partial charge in [-0.25, -0.2) is 0 Å². The van der Waals surface area contributed by atoms with Gasteiger partial charge in [-0.2, -0.15) is 0 Å². The normalized spacial score (nSPS) is 13.4. The monoisotopic (exact) mass is 538 g/mol. The molecule has 212 valence electrons. The van der Waals surface area contributed by atoms with Gasteiger partial charge in [-0.15, -0.1) is 0 Å². The molecule has 39 heavy (non-hydrogen) atoms. The number of carbonyl (C=O) groups is 4. The summed E-state index contributed by atoms with van der Waals surface area (Å²) < 4.78 is 0. The molecule has 0 aliphatic carbocycles. The lowest BCUT2D eigenvalue weighted by Crippen LogP contribution is -2.60. The molecule has 10 heteroatoms. The molecule has 0 aromatic carbocycles. The van der Waals surface area contributed by atoms with E-state index in [2.05, 4.69) is 31.2 Å². The van der Waals surface area contributed by atoms with Crippen LogP contribution in [0.1, 0.15) is 82.5 Å². The molecule has 4 N–H and O–H groups in total. The van der Waals surface area contributed by atoms with E-state index in [4.69, 9.17) is 0 Å². The average Bonchev–Trinajstić information content (AvgIpc) is 2.84. The Balaban J connectivity index is 2.05. The van der Waals surface area contributed by atoms with Crippen molar-refractivity contribution >= 4 is 23.6 Å². The predicted octanol–water partition coefficient (Wildman–Crippen LogP) is 2.87. The summed E-state index contributed by atoms with van der Waals surface area (Å²) in [6, 6.07) is 4.84. The van der Waals surface area contributed by atoms with E-state index in [-0.39, 0.29) is 35.5 Å². The molecule has 0 aliphatic heterocycles. The number of carbonyl (C=O) groups excluding carboxylic acids is 4. The zero-order valence-electron chi connectivity index (χ0n) is 24.2. The van der Waals surface area contributed by atoms with E-state index < -0.39 is 23.2 Å². The standard InChI is InChI=1S/C29H42N6O4/c1-18(2)22(32-24(36)20-9-13-30-14-10-20)26(38)34-28(5,6)17-29(7,8)35-27(39)23(19(3)4)33-25(37)21-11-15-31-16-12-21/h9-16,18-19,22-23H,17H2,1-8H3,(H,32,36)(H,33,37)(H,34,38)(H,35,39). The number of hydrogen-bond acceptors (Lipinski definition) is 6. The molecule has 0 bridgehead atoms. The minimum Gasteiger partial charge on any atom is -0.349 e. The molecule has 0 fully saturated rings. The highest BCUT2D eigenvalue weighted by Crippen LogP contribution is 2.21. The SMILES string of the molecule is CC(C)C(NC(=O)c1ccncc1)C(=O)NC(C)(C)CC(C)(C)NC(=O)C(NC(=O)c1ccncc1)C(C)C. The molecule has 0 radical (unpaired) electrons. The number of nitrogens with one attached hydrogen (secondary N) is 4. The Bertz CT molecular complexity index is 1040. The Morgan fingerprint density at radius 2 is 0.949 bits per heavy atom.